The maximum Gasteiger partial charge on any atom is 0.124 e. The van der Waals surface area contributed by atoms with E-state index in [9.17, 15) is 0 Å². The molecule has 2 atom stereocenters. The molecule has 1 fully saturated rings. The summed E-state index contributed by atoms with van der Waals surface area (Å²) >= 11 is 0. The summed E-state index contributed by atoms with van der Waals surface area (Å²) < 4.78 is 5.67. The van der Waals surface area contributed by atoms with Gasteiger partial charge in [0, 0.05) is 5.56 Å². The molecule has 3 N–H and O–H groups in total. The zero-order chi connectivity index (χ0) is 12.5. The van der Waals surface area contributed by atoms with Gasteiger partial charge in [-0.3, -0.25) is 11.3 Å². The number of hydrogen-bond acceptors (Lipinski definition) is 3. The van der Waals surface area contributed by atoms with E-state index in [1.54, 1.807) is 0 Å². The number of hydrogen-bond donors (Lipinski definition) is 2. The van der Waals surface area contributed by atoms with Gasteiger partial charge in [-0.15, -0.1) is 0 Å². The van der Waals surface area contributed by atoms with Gasteiger partial charge >= 0.3 is 0 Å². The first-order valence-electron chi connectivity index (χ1n) is 6.28. The van der Waals surface area contributed by atoms with Crippen LogP contribution in [0.3, 0.4) is 0 Å². The topological polar surface area (TPSA) is 47.3 Å². The number of benzene rings is 1. The Hall–Kier alpha value is -1.06. The standard InChI is InChI=1S/C14H22N2O/c1-4-17-12-8-6-5-7-10(12)13(16-15)11-9-14(11,2)3/h5-8,11,13,16H,4,9,15H2,1-3H3. The monoisotopic (exact) mass is 234 g/mol. The molecule has 0 amide bonds. The van der Waals surface area contributed by atoms with Gasteiger partial charge in [0.15, 0.2) is 0 Å². The molecule has 0 radical (unpaired) electrons. The molecule has 94 valence electrons. The van der Waals surface area contributed by atoms with Crippen LogP contribution in [0.5, 0.6) is 5.75 Å². The van der Waals surface area contributed by atoms with Crippen LogP contribution in [0.4, 0.5) is 0 Å². The van der Waals surface area contributed by atoms with Crippen molar-refractivity contribution in [1.29, 1.82) is 0 Å². The Bertz CT molecular complexity index is 390. The maximum absolute atomic E-state index is 5.73. The molecule has 2 unspecified atom stereocenters. The summed E-state index contributed by atoms with van der Waals surface area (Å²) in [5.74, 6) is 7.26. The minimum atomic E-state index is 0.188. The molecule has 0 spiro atoms. The van der Waals surface area contributed by atoms with Crippen molar-refractivity contribution in [3.63, 3.8) is 0 Å². The van der Waals surface area contributed by atoms with Gasteiger partial charge in [0.1, 0.15) is 5.75 Å². The molecule has 2 rings (SSSR count). The third-order valence-electron chi connectivity index (χ3n) is 3.73. The average Bonchev–Trinajstić information content (AvgIpc) is 2.91. The zero-order valence-corrected chi connectivity index (χ0v) is 10.9. The summed E-state index contributed by atoms with van der Waals surface area (Å²) in [6.45, 7) is 7.25. The number of nitrogens with two attached hydrogens (primary N) is 1. The summed E-state index contributed by atoms with van der Waals surface area (Å²) in [5, 5.41) is 0. The molecule has 1 aromatic carbocycles. The van der Waals surface area contributed by atoms with E-state index in [1.807, 2.05) is 25.1 Å². The summed E-state index contributed by atoms with van der Waals surface area (Å²) in [6.07, 6.45) is 1.21. The minimum absolute atomic E-state index is 0.188. The number of rotatable bonds is 5. The van der Waals surface area contributed by atoms with Gasteiger partial charge in [0.05, 0.1) is 12.6 Å². The highest BCUT2D eigenvalue weighted by atomic mass is 16.5. The van der Waals surface area contributed by atoms with Gasteiger partial charge in [-0.25, -0.2) is 0 Å². The van der Waals surface area contributed by atoms with Gasteiger partial charge in [-0.05, 0) is 30.7 Å². The van der Waals surface area contributed by atoms with Crippen molar-refractivity contribution in [2.24, 2.45) is 17.2 Å². The number of hydrazine groups is 1. The predicted octanol–water partition coefficient (Wildman–Crippen LogP) is 2.64. The maximum atomic E-state index is 5.73. The molecular weight excluding hydrogens is 212 g/mol. The third kappa shape index (κ3) is 2.45. The fourth-order valence-electron chi connectivity index (χ4n) is 2.52. The van der Waals surface area contributed by atoms with Crippen LogP contribution in [-0.4, -0.2) is 6.61 Å². The van der Waals surface area contributed by atoms with Crippen LogP contribution in [0.25, 0.3) is 0 Å². The van der Waals surface area contributed by atoms with Gasteiger partial charge in [0.2, 0.25) is 0 Å². The van der Waals surface area contributed by atoms with Crippen LogP contribution in [-0.2, 0) is 0 Å². The first-order valence-corrected chi connectivity index (χ1v) is 6.28. The highest BCUT2D eigenvalue weighted by Crippen LogP contribution is 2.58. The molecule has 17 heavy (non-hydrogen) atoms. The van der Waals surface area contributed by atoms with Crippen molar-refractivity contribution in [3.05, 3.63) is 29.8 Å². The fourth-order valence-corrected chi connectivity index (χ4v) is 2.52. The van der Waals surface area contributed by atoms with E-state index in [-0.39, 0.29) is 6.04 Å². The molecule has 0 heterocycles. The molecule has 1 aromatic rings. The van der Waals surface area contributed by atoms with Crippen molar-refractivity contribution in [2.75, 3.05) is 6.61 Å². The molecule has 3 heteroatoms. The lowest BCUT2D eigenvalue weighted by Gasteiger charge is -2.21. The third-order valence-corrected chi connectivity index (χ3v) is 3.73. The Morgan fingerprint density at radius 1 is 1.47 bits per heavy atom. The van der Waals surface area contributed by atoms with Gasteiger partial charge in [-0.1, -0.05) is 32.0 Å². The Morgan fingerprint density at radius 2 is 2.12 bits per heavy atom. The van der Waals surface area contributed by atoms with E-state index in [4.69, 9.17) is 10.6 Å². The SMILES string of the molecule is CCOc1ccccc1C(NN)C1CC1(C)C. The van der Waals surface area contributed by atoms with Crippen LogP contribution in [0.15, 0.2) is 24.3 Å². The van der Waals surface area contributed by atoms with Gasteiger partial charge < -0.3 is 4.74 Å². The molecule has 3 nitrogen and oxygen atoms in total. The number of para-hydroxylation sites is 1. The second-order valence-corrected chi connectivity index (χ2v) is 5.41. The van der Waals surface area contributed by atoms with Gasteiger partial charge in [-0.2, -0.15) is 0 Å². The quantitative estimate of drug-likeness (QED) is 0.608. The van der Waals surface area contributed by atoms with Crippen molar-refractivity contribution < 1.29 is 4.74 Å². The van der Waals surface area contributed by atoms with Gasteiger partial charge in [0.25, 0.3) is 0 Å². The lowest BCUT2D eigenvalue weighted by Crippen LogP contribution is -2.31. The van der Waals surface area contributed by atoms with Crippen LogP contribution in [0.1, 0.15) is 38.8 Å². The van der Waals surface area contributed by atoms with E-state index >= 15 is 0 Å². The fraction of sp³-hybridized carbons (Fsp3) is 0.571. The Kier molecular flexibility index (Phi) is 3.40. The lowest BCUT2D eigenvalue weighted by atomic mass is 9.97. The molecule has 0 saturated heterocycles. The lowest BCUT2D eigenvalue weighted by molar-refractivity contribution is 0.324. The van der Waals surface area contributed by atoms with Crippen LogP contribution in [0.2, 0.25) is 0 Å². The van der Waals surface area contributed by atoms with Crippen molar-refractivity contribution in [3.8, 4) is 5.75 Å². The van der Waals surface area contributed by atoms with E-state index in [0.29, 0.717) is 17.9 Å². The highest BCUT2D eigenvalue weighted by Gasteiger charge is 2.50. The largest absolute Gasteiger partial charge is 0.494 e. The summed E-state index contributed by atoms with van der Waals surface area (Å²) in [5.41, 5.74) is 4.51. The van der Waals surface area contributed by atoms with E-state index in [2.05, 4.69) is 25.3 Å². The first-order chi connectivity index (χ1) is 8.10. The summed E-state index contributed by atoms with van der Waals surface area (Å²) in [7, 11) is 0. The van der Waals surface area contributed by atoms with E-state index in [1.165, 1.54) is 12.0 Å². The summed E-state index contributed by atoms with van der Waals surface area (Å²) in [4.78, 5) is 0. The number of nitrogens with one attached hydrogen (secondary N) is 1. The number of ether oxygens (including phenoxy) is 1. The molecule has 1 aliphatic rings. The van der Waals surface area contributed by atoms with E-state index in [0.717, 1.165) is 5.75 Å². The Morgan fingerprint density at radius 3 is 2.65 bits per heavy atom. The Labute approximate surface area is 103 Å². The highest BCUT2D eigenvalue weighted by molar-refractivity contribution is 5.37. The van der Waals surface area contributed by atoms with Crippen molar-refractivity contribution in [2.45, 2.75) is 33.2 Å². The minimum Gasteiger partial charge on any atom is -0.494 e. The molecule has 0 aromatic heterocycles. The van der Waals surface area contributed by atoms with Crippen LogP contribution >= 0.6 is 0 Å². The van der Waals surface area contributed by atoms with Crippen LogP contribution < -0.4 is 16.0 Å². The molecule has 1 saturated carbocycles. The Balaban J connectivity index is 2.25. The normalized spacial score (nSPS) is 23.2. The smallest absolute Gasteiger partial charge is 0.124 e. The predicted molar refractivity (Wildman–Crippen MR) is 69.6 cm³/mol. The molecule has 0 aliphatic heterocycles. The second kappa shape index (κ2) is 4.67. The summed E-state index contributed by atoms with van der Waals surface area (Å²) in [6, 6.07) is 8.34. The second-order valence-electron chi connectivity index (χ2n) is 5.41. The molecule has 0 bridgehead atoms. The average molecular weight is 234 g/mol. The molecule has 1 aliphatic carbocycles. The first kappa shape index (κ1) is 12.4. The van der Waals surface area contributed by atoms with Crippen molar-refractivity contribution >= 4 is 0 Å². The van der Waals surface area contributed by atoms with Crippen molar-refractivity contribution in [1.82, 2.24) is 5.43 Å². The zero-order valence-electron chi connectivity index (χ0n) is 10.9. The van der Waals surface area contributed by atoms with E-state index < -0.39 is 0 Å². The van der Waals surface area contributed by atoms with Crippen LogP contribution in [0, 0.1) is 11.3 Å². The molecular formula is C14H22N2O.